The van der Waals surface area contributed by atoms with Gasteiger partial charge in [0.15, 0.2) is 0 Å². The molecule has 0 aliphatic carbocycles. The van der Waals surface area contributed by atoms with E-state index in [0.717, 1.165) is 13.0 Å². The molecule has 0 spiro atoms. The third-order valence-electron chi connectivity index (χ3n) is 3.36. The molecule has 2 rings (SSSR count). The predicted octanol–water partition coefficient (Wildman–Crippen LogP) is 1.27. The molecular formula is C14H21ClN2O2. The molecule has 4 nitrogen and oxygen atoms in total. The van der Waals surface area contributed by atoms with Crippen molar-refractivity contribution in [3.05, 3.63) is 35.4 Å². The van der Waals surface area contributed by atoms with E-state index in [9.17, 15) is 4.79 Å². The van der Waals surface area contributed by atoms with Crippen LogP contribution >= 0.6 is 12.4 Å². The fourth-order valence-electron chi connectivity index (χ4n) is 2.09. The lowest BCUT2D eigenvalue weighted by Gasteiger charge is -2.25. The zero-order valence-electron chi connectivity index (χ0n) is 11.3. The largest absolute Gasteiger partial charge is 0.380 e. The van der Waals surface area contributed by atoms with Crippen LogP contribution in [0.25, 0.3) is 0 Å². The van der Waals surface area contributed by atoms with Gasteiger partial charge in [0.2, 0.25) is 5.91 Å². The van der Waals surface area contributed by atoms with Crippen LogP contribution < -0.4 is 10.6 Å². The number of benzene rings is 1. The summed E-state index contributed by atoms with van der Waals surface area (Å²) >= 11 is 0. The van der Waals surface area contributed by atoms with Crippen LogP contribution in [0.3, 0.4) is 0 Å². The number of fused-ring (bicyclic) bond motifs is 1. The van der Waals surface area contributed by atoms with Crippen LogP contribution in [0.2, 0.25) is 0 Å². The van der Waals surface area contributed by atoms with Crippen LogP contribution in [-0.4, -0.2) is 31.7 Å². The van der Waals surface area contributed by atoms with Gasteiger partial charge in [-0.05, 0) is 24.5 Å². The minimum Gasteiger partial charge on any atom is -0.380 e. The molecule has 1 aliphatic heterocycles. The fourth-order valence-corrected chi connectivity index (χ4v) is 2.09. The summed E-state index contributed by atoms with van der Waals surface area (Å²) < 4.78 is 5.11. The van der Waals surface area contributed by atoms with Crippen LogP contribution in [0, 0.1) is 0 Å². The number of halogens is 1. The lowest BCUT2D eigenvalue weighted by Crippen LogP contribution is -2.49. The Bertz CT molecular complexity index is 426. The molecule has 2 atom stereocenters. The first-order valence-electron chi connectivity index (χ1n) is 6.31. The van der Waals surface area contributed by atoms with E-state index in [2.05, 4.69) is 22.8 Å². The van der Waals surface area contributed by atoms with Crippen LogP contribution in [-0.2, 0) is 22.5 Å². The van der Waals surface area contributed by atoms with Crippen molar-refractivity contribution < 1.29 is 9.53 Å². The van der Waals surface area contributed by atoms with Crippen molar-refractivity contribution in [2.24, 2.45) is 0 Å². The molecule has 1 aromatic carbocycles. The number of amides is 1. The summed E-state index contributed by atoms with van der Waals surface area (Å²) in [6.45, 7) is 3.24. The third kappa shape index (κ3) is 4.20. The number of hydrogen-bond donors (Lipinski definition) is 2. The monoisotopic (exact) mass is 284 g/mol. The first-order chi connectivity index (χ1) is 8.70. The van der Waals surface area contributed by atoms with E-state index in [-0.39, 0.29) is 30.5 Å². The van der Waals surface area contributed by atoms with E-state index in [0.29, 0.717) is 6.54 Å². The lowest BCUT2D eigenvalue weighted by atomic mass is 9.95. The highest BCUT2D eigenvalue weighted by atomic mass is 35.5. The second-order valence-electron chi connectivity index (χ2n) is 4.70. The van der Waals surface area contributed by atoms with E-state index in [1.807, 2.05) is 19.1 Å². The Hall–Kier alpha value is -1.10. The van der Waals surface area contributed by atoms with E-state index in [1.54, 1.807) is 7.11 Å². The number of ether oxygens (including phenoxy) is 1. The van der Waals surface area contributed by atoms with Gasteiger partial charge in [0.05, 0.1) is 12.1 Å². The summed E-state index contributed by atoms with van der Waals surface area (Å²) in [5.41, 5.74) is 2.54. The maximum atomic E-state index is 12.0. The molecule has 0 bridgehead atoms. The third-order valence-corrected chi connectivity index (χ3v) is 3.36. The molecule has 106 valence electrons. The smallest absolute Gasteiger partial charge is 0.237 e. The van der Waals surface area contributed by atoms with Gasteiger partial charge in [0.1, 0.15) is 0 Å². The standard InChI is InChI=1S/C14H20N2O2.ClH/c1-10(18-2)8-16-14(17)13-7-11-5-3-4-6-12(11)9-15-13;/h3-6,10,13,15H,7-9H2,1-2H3,(H,16,17);1H. The van der Waals surface area contributed by atoms with Gasteiger partial charge in [0, 0.05) is 20.2 Å². The van der Waals surface area contributed by atoms with Gasteiger partial charge >= 0.3 is 0 Å². The number of hydrogen-bond acceptors (Lipinski definition) is 3. The molecular weight excluding hydrogens is 264 g/mol. The molecule has 0 saturated heterocycles. The van der Waals surface area contributed by atoms with Gasteiger partial charge < -0.3 is 15.4 Å². The zero-order valence-corrected chi connectivity index (χ0v) is 12.1. The van der Waals surface area contributed by atoms with Crippen molar-refractivity contribution in [2.75, 3.05) is 13.7 Å². The Kier molecular flexibility index (Phi) is 6.28. The highest BCUT2D eigenvalue weighted by molar-refractivity contribution is 5.85. The van der Waals surface area contributed by atoms with Gasteiger partial charge in [-0.25, -0.2) is 0 Å². The number of nitrogens with one attached hydrogen (secondary N) is 2. The van der Waals surface area contributed by atoms with Gasteiger partial charge in [-0.1, -0.05) is 24.3 Å². The highest BCUT2D eigenvalue weighted by Crippen LogP contribution is 2.16. The van der Waals surface area contributed by atoms with Gasteiger partial charge in [-0.15, -0.1) is 12.4 Å². The van der Waals surface area contributed by atoms with E-state index < -0.39 is 0 Å². The average Bonchev–Trinajstić information content (AvgIpc) is 2.43. The Balaban J connectivity index is 0.00000180. The molecule has 0 saturated carbocycles. The van der Waals surface area contributed by atoms with Crippen molar-refractivity contribution in [3.8, 4) is 0 Å². The van der Waals surface area contributed by atoms with Crippen LogP contribution in [0.15, 0.2) is 24.3 Å². The van der Waals surface area contributed by atoms with Crippen molar-refractivity contribution in [1.82, 2.24) is 10.6 Å². The molecule has 0 aromatic heterocycles. The summed E-state index contributed by atoms with van der Waals surface area (Å²) in [6, 6.07) is 8.11. The molecule has 2 unspecified atom stereocenters. The van der Waals surface area contributed by atoms with Crippen molar-refractivity contribution in [2.45, 2.75) is 32.0 Å². The van der Waals surface area contributed by atoms with E-state index in [1.165, 1.54) is 11.1 Å². The molecule has 0 radical (unpaired) electrons. The summed E-state index contributed by atoms with van der Waals surface area (Å²) in [7, 11) is 1.64. The molecule has 0 fully saturated rings. The van der Waals surface area contributed by atoms with Gasteiger partial charge in [-0.2, -0.15) is 0 Å². The zero-order chi connectivity index (χ0) is 13.0. The Morgan fingerprint density at radius 1 is 1.47 bits per heavy atom. The van der Waals surface area contributed by atoms with Crippen molar-refractivity contribution >= 4 is 18.3 Å². The molecule has 5 heteroatoms. The molecule has 2 N–H and O–H groups in total. The van der Waals surface area contributed by atoms with Crippen molar-refractivity contribution in [3.63, 3.8) is 0 Å². The van der Waals surface area contributed by atoms with Crippen LogP contribution in [0.1, 0.15) is 18.1 Å². The average molecular weight is 285 g/mol. The molecule has 1 amide bonds. The molecule has 1 aliphatic rings. The Morgan fingerprint density at radius 2 is 2.16 bits per heavy atom. The predicted molar refractivity (Wildman–Crippen MR) is 77.5 cm³/mol. The lowest BCUT2D eigenvalue weighted by molar-refractivity contribution is -0.123. The topological polar surface area (TPSA) is 50.4 Å². The first kappa shape index (κ1) is 16.0. The fraction of sp³-hybridized carbons (Fsp3) is 0.500. The maximum absolute atomic E-state index is 12.0. The summed E-state index contributed by atoms with van der Waals surface area (Å²) in [4.78, 5) is 12.0. The Morgan fingerprint density at radius 3 is 2.84 bits per heavy atom. The molecule has 1 aromatic rings. The molecule has 19 heavy (non-hydrogen) atoms. The minimum absolute atomic E-state index is 0. The minimum atomic E-state index is -0.135. The number of carbonyl (C=O) groups excluding carboxylic acids is 1. The highest BCUT2D eigenvalue weighted by Gasteiger charge is 2.23. The van der Waals surface area contributed by atoms with Crippen molar-refractivity contribution in [1.29, 1.82) is 0 Å². The quantitative estimate of drug-likeness (QED) is 0.876. The van der Waals surface area contributed by atoms with Gasteiger partial charge in [0.25, 0.3) is 0 Å². The van der Waals surface area contributed by atoms with E-state index in [4.69, 9.17) is 4.74 Å². The van der Waals surface area contributed by atoms with Crippen LogP contribution in [0.5, 0.6) is 0 Å². The summed E-state index contributed by atoms with van der Waals surface area (Å²) in [5.74, 6) is 0.0494. The van der Waals surface area contributed by atoms with Gasteiger partial charge in [-0.3, -0.25) is 4.79 Å². The number of methoxy groups -OCH3 is 1. The number of carbonyl (C=O) groups is 1. The first-order valence-corrected chi connectivity index (χ1v) is 6.31. The Labute approximate surface area is 120 Å². The molecule has 1 heterocycles. The summed E-state index contributed by atoms with van der Waals surface area (Å²) in [6.07, 6.45) is 0.799. The van der Waals surface area contributed by atoms with E-state index >= 15 is 0 Å². The maximum Gasteiger partial charge on any atom is 0.237 e. The summed E-state index contributed by atoms with van der Waals surface area (Å²) in [5, 5.41) is 6.17. The van der Waals surface area contributed by atoms with Crippen LogP contribution in [0.4, 0.5) is 0 Å². The normalized spacial score (nSPS) is 18.9. The second kappa shape index (κ2) is 7.48. The SMILES string of the molecule is COC(C)CNC(=O)C1Cc2ccccc2CN1.Cl. The second-order valence-corrected chi connectivity index (χ2v) is 4.70. The number of rotatable bonds is 4.